The molecule has 0 saturated carbocycles. The van der Waals surface area contributed by atoms with Crippen LogP contribution in [-0.4, -0.2) is 74.7 Å². The summed E-state index contributed by atoms with van der Waals surface area (Å²) in [6, 6.07) is 13.7. The summed E-state index contributed by atoms with van der Waals surface area (Å²) < 4.78 is 13.2. The number of H-pyrrole nitrogens is 1. The lowest BCUT2D eigenvalue weighted by Crippen LogP contribution is -2.50. The number of fused-ring (bicyclic) bond motifs is 1. The molecule has 1 N–H and O–H groups in total. The number of carbonyl (C=O) groups excluding carboxylic acids is 1. The largest absolute Gasteiger partial charge is 0.456 e. The molecule has 1 atom stereocenters. The number of carbonyl (C=O) groups is 1. The number of methoxy groups -OCH3 is 1. The third kappa shape index (κ3) is 4.80. The molecule has 176 valence electrons. The maximum absolute atomic E-state index is 12.3. The number of imidazole rings is 1. The molecule has 5 rings (SSSR count). The average Bonchev–Trinajstić information content (AvgIpc) is 3.54. The fourth-order valence-corrected chi connectivity index (χ4v) is 4.13. The zero-order valence-corrected chi connectivity index (χ0v) is 19.3. The van der Waals surface area contributed by atoms with Gasteiger partial charge in [0.2, 0.25) is 0 Å². The maximum Gasteiger partial charge on any atom is 0.251 e. The normalized spacial score (nSPS) is 15.5. The number of piperazine rings is 1. The van der Waals surface area contributed by atoms with Crippen molar-refractivity contribution in [2.45, 2.75) is 19.6 Å². The van der Waals surface area contributed by atoms with Crippen molar-refractivity contribution in [3.05, 3.63) is 66.7 Å². The minimum Gasteiger partial charge on any atom is -0.456 e. The van der Waals surface area contributed by atoms with E-state index < -0.39 is 6.10 Å². The molecule has 9 heteroatoms. The van der Waals surface area contributed by atoms with E-state index in [1.54, 1.807) is 20.2 Å². The minimum atomic E-state index is -0.393. The van der Waals surface area contributed by atoms with Gasteiger partial charge in [0, 0.05) is 52.2 Å². The Kier molecular flexibility index (Phi) is 6.29. The summed E-state index contributed by atoms with van der Waals surface area (Å²) in [5, 5.41) is 6.95. The standard InChI is InChI=1S/C25H28N6O3/c1-18(33-2)25(32)30-13-11-29(12-14-30)15-20-16-31-17-22(7-8-24(31)27-20)34-21-5-3-19(4-6-21)23-9-10-26-28-23/h3-10,16-18H,11-15H2,1-2H3,(H,26,28). The highest BCUT2D eigenvalue weighted by atomic mass is 16.5. The van der Waals surface area contributed by atoms with Crippen molar-refractivity contribution in [2.75, 3.05) is 33.3 Å². The topological polar surface area (TPSA) is 88.0 Å². The van der Waals surface area contributed by atoms with E-state index in [2.05, 4.69) is 15.1 Å². The van der Waals surface area contributed by atoms with Crippen LogP contribution in [0.5, 0.6) is 11.5 Å². The van der Waals surface area contributed by atoms with Crippen LogP contribution in [0.4, 0.5) is 0 Å². The molecule has 4 heterocycles. The number of rotatable bonds is 7. The van der Waals surface area contributed by atoms with E-state index in [4.69, 9.17) is 14.5 Å². The number of aromatic amines is 1. The second-order valence-electron chi connectivity index (χ2n) is 8.44. The molecule has 0 radical (unpaired) electrons. The molecular weight excluding hydrogens is 432 g/mol. The molecule has 9 nitrogen and oxygen atoms in total. The second-order valence-corrected chi connectivity index (χ2v) is 8.44. The Bertz CT molecular complexity index is 1240. The zero-order valence-electron chi connectivity index (χ0n) is 19.3. The summed E-state index contributed by atoms with van der Waals surface area (Å²) in [5.74, 6) is 1.56. The van der Waals surface area contributed by atoms with Gasteiger partial charge in [-0.15, -0.1) is 0 Å². The lowest BCUT2D eigenvalue weighted by atomic mass is 10.1. The number of pyridine rings is 1. The van der Waals surface area contributed by atoms with Crippen molar-refractivity contribution in [1.82, 2.24) is 29.4 Å². The average molecular weight is 461 g/mol. The van der Waals surface area contributed by atoms with Gasteiger partial charge in [0.1, 0.15) is 23.3 Å². The molecule has 1 saturated heterocycles. The second kappa shape index (κ2) is 9.66. The predicted molar refractivity (Wildman–Crippen MR) is 128 cm³/mol. The Balaban J connectivity index is 1.20. The predicted octanol–water partition coefficient (Wildman–Crippen LogP) is 3.20. The highest BCUT2D eigenvalue weighted by Crippen LogP contribution is 2.25. The molecule has 0 aliphatic carbocycles. The van der Waals surface area contributed by atoms with E-state index in [1.807, 2.05) is 64.2 Å². The molecule has 0 spiro atoms. The van der Waals surface area contributed by atoms with Crippen LogP contribution >= 0.6 is 0 Å². The molecular formula is C25H28N6O3. The van der Waals surface area contributed by atoms with Crippen molar-refractivity contribution in [3.8, 4) is 22.8 Å². The van der Waals surface area contributed by atoms with Crippen LogP contribution in [0.1, 0.15) is 12.6 Å². The molecule has 3 aromatic heterocycles. The number of aromatic nitrogens is 4. The van der Waals surface area contributed by atoms with Crippen molar-refractivity contribution in [3.63, 3.8) is 0 Å². The smallest absolute Gasteiger partial charge is 0.251 e. The van der Waals surface area contributed by atoms with E-state index in [0.29, 0.717) is 13.1 Å². The fraction of sp³-hybridized carbons (Fsp3) is 0.320. The van der Waals surface area contributed by atoms with Crippen LogP contribution in [0.15, 0.2) is 61.1 Å². The van der Waals surface area contributed by atoms with E-state index in [0.717, 1.165) is 53.7 Å². The van der Waals surface area contributed by atoms with Crippen molar-refractivity contribution >= 4 is 11.6 Å². The number of hydrogen-bond acceptors (Lipinski definition) is 6. The van der Waals surface area contributed by atoms with Crippen LogP contribution in [0, 0.1) is 0 Å². The lowest BCUT2D eigenvalue weighted by Gasteiger charge is -2.35. The summed E-state index contributed by atoms with van der Waals surface area (Å²) in [7, 11) is 1.57. The summed E-state index contributed by atoms with van der Waals surface area (Å²) in [5.41, 5.74) is 3.89. The highest BCUT2D eigenvalue weighted by molar-refractivity contribution is 5.80. The fourth-order valence-electron chi connectivity index (χ4n) is 4.13. The number of ether oxygens (including phenoxy) is 2. The van der Waals surface area contributed by atoms with Gasteiger partial charge in [-0.3, -0.25) is 14.8 Å². The summed E-state index contributed by atoms with van der Waals surface area (Å²) in [6.45, 7) is 5.58. The quantitative estimate of drug-likeness (QED) is 0.456. The number of amides is 1. The summed E-state index contributed by atoms with van der Waals surface area (Å²) >= 11 is 0. The van der Waals surface area contributed by atoms with Gasteiger partial charge in [0.05, 0.1) is 17.6 Å². The zero-order chi connectivity index (χ0) is 23.5. The van der Waals surface area contributed by atoms with E-state index in [9.17, 15) is 4.79 Å². The van der Waals surface area contributed by atoms with Gasteiger partial charge in [-0.2, -0.15) is 5.10 Å². The van der Waals surface area contributed by atoms with Gasteiger partial charge in [-0.1, -0.05) is 0 Å². The Labute approximate surface area is 197 Å². The first kappa shape index (κ1) is 22.1. The first-order valence-electron chi connectivity index (χ1n) is 11.4. The Hall–Kier alpha value is -3.69. The van der Waals surface area contributed by atoms with Crippen LogP contribution in [0.3, 0.4) is 0 Å². The van der Waals surface area contributed by atoms with Crippen molar-refractivity contribution in [1.29, 1.82) is 0 Å². The van der Waals surface area contributed by atoms with E-state index in [-0.39, 0.29) is 5.91 Å². The highest BCUT2D eigenvalue weighted by Gasteiger charge is 2.25. The van der Waals surface area contributed by atoms with Gasteiger partial charge in [0.15, 0.2) is 0 Å². The molecule has 1 unspecified atom stereocenters. The summed E-state index contributed by atoms with van der Waals surface area (Å²) in [4.78, 5) is 21.2. The lowest BCUT2D eigenvalue weighted by molar-refractivity contribution is -0.142. The van der Waals surface area contributed by atoms with E-state index in [1.165, 1.54) is 0 Å². The summed E-state index contributed by atoms with van der Waals surface area (Å²) in [6.07, 6.45) is 5.32. The van der Waals surface area contributed by atoms with Gasteiger partial charge in [-0.05, 0) is 55.0 Å². The number of hydrogen-bond donors (Lipinski definition) is 1. The van der Waals surface area contributed by atoms with Gasteiger partial charge >= 0.3 is 0 Å². The number of nitrogens with one attached hydrogen (secondary N) is 1. The van der Waals surface area contributed by atoms with Crippen LogP contribution in [0.25, 0.3) is 16.9 Å². The molecule has 1 aromatic carbocycles. The Morgan fingerprint density at radius 3 is 2.50 bits per heavy atom. The van der Waals surface area contributed by atoms with E-state index >= 15 is 0 Å². The molecule has 1 aliphatic heterocycles. The maximum atomic E-state index is 12.3. The Morgan fingerprint density at radius 1 is 1.03 bits per heavy atom. The third-order valence-corrected chi connectivity index (χ3v) is 6.15. The van der Waals surface area contributed by atoms with Gasteiger partial charge < -0.3 is 18.8 Å². The van der Waals surface area contributed by atoms with Crippen molar-refractivity contribution < 1.29 is 14.3 Å². The minimum absolute atomic E-state index is 0.0540. The SMILES string of the molecule is COC(C)C(=O)N1CCN(Cc2cn3cc(Oc4ccc(-c5ccn[nH]5)cc4)ccc3n2)CC1. The number of nitrogens with zero attached hydrogens (tertiary/aromatic N) is 5. The van der Waals surface area contributed by atoms with Crippen molar-refractivity contribution in [2.24, 2.45) is 0 Å². The van der Waals surface area contributed by atoms with Crippen LogP contribution in [0.2, 0.25) is 0 Å². The molecule has 4 aromatic rings. The molecule has 1 amide bonds. The van der Waals surface area contributed by atoms with Crippen LogP contribution < -0.4 is 4.74 Å². The molecule has 1 aliphatic rings. The monoisotopic (exact) mass is 460 g/mol. The van der Waals surface area contributed by atoms with Gasteiger partial charge in [0.25, 0.3) is 5.91 Å². The first-order valence-corrected chi connectivity index (χ1v) is 11.4. The Morgan fingerprint density at radius 2 is 1.79 bits per heavy atom. The number of benzene rings is 1. The third-order valence-electron chi connectivity index (χ3n) is 6.15. The van der Waals surface area contributed by atoms with Crippen LogP contribution in [-0.2, 0) is 16.1 Å². The first-order chi connectivity index (χ1) is 16.6. The molecule has 1 fully saturated rings. The molecule has 34 heavy (non-hydrogen) atoms. The van der Waals surface area contributed by atoms with Gasteiger partial charge in [-0.25, -0.2) is 4.98 Å². The molecule has 0 bridgehead atoms.